The van der Waals surface area contributed by atoms with E-state index >= 15 is 0 Å². The molecule has 5 heteroatoms. The maximum Gasteiger partial charge on any atom is 0.310 e. The van der Waals surface area contributed by atoms with Gasteiger partial charge in [0.15, 0.2) is 0 Å². The van der Waals surface area contributed by atoms with Crippen LogP contribution < -0.4 is 5.32 Å². The van der Waals surface area contributed by atoms with Crippen molar-refractivity contribution in [3.63, 3.8) is 0 Å². The van der Waals surface area contributed by atoms with Gasteiger partial charge in [-0.25, -0.2) is 0 Å². The molecule has 0 bridgehead atoms. The number of thioether (sulfide) groups is 1. The maximum absolute atomic E-state index is 12.1. The van der Waals surface area contributed by atoms with Gasteiger partial charge in [0.25, 0.3) is 0 Å². The summed E-state index contributed by atoms with van der Waals surface area (Å²) in [7, 11) is 0. The molecule has 0 aliphatic heterocycles. The minimum Gasteiger partial charge on any atom is -0.481 e. The molecule has 2 N–H and O–H groups in total. The Bertz CT molecular complexity index is 371. The van der Waals surface area contributed by atoms with Gasteiger partial charge in [-0.3, -0.25) is 9.59 Å². The van der Waals surface area contributed by atoms with E-state index < -0.39 is 11.4 Å². The number of rotatable bonds is 6. The van der Waals surface area contributed by atoms with Crippen molar-refractivity contribution in [2.45, 2.75) is 62.5 Å². The van der Waals surface area contributed by atoms with Crippen LogP contribution >= 0.6 is 11.8 Å². The lowest BCUT2D eigenvalue weighted by molar-refractivity contribution is -0.152. The lowest BCUT2D eigenvalue weighted by atomic mass is 9.77. The van der Waals surface area contributed by atoms with Crippen molar-refractivity contribution in [1.29, 1.82) is 0 Å². The molecule has 2 saturated carbocycles. The van der Waals surface area contributed by atoms with Crippen LogP contribution in [-0.2, 0) is 9.59 Å². The van der Waals surface area contributed by atoms with E-state index in [4.69, 9.17) is 0 Å². The molecule has 4 nitrogen and oxygen atoms in total. The van der Waals surface area contributed by atoms with Crippen LogP contribution in [0.5, 0.6) is 0 Å². The highest BCUT2D eigenvalue weighted by Crippen LogP contribution is 2.46. The lowest BCUT2D eigenvalue weighted by Gasteiger charge is -2.27. The Hall–Kier alpha value is -0.710. The van der Waals surface area contributed by atoms with E-state index in [9.17, 15) is 14.7 Å². The molecule has 0 spiro atoms. The second-order valence-corrected chi connectivity index (χ2v) is 7.61. The molecule has 0 heterocycles. The summed E-state index contributed by atoms with van der Waals surface area (Å²) in [6.07, 6.45) is 9.83. The fourth-order valence-corrected chi connectivity index (χ4v) is 3.82. The molecule has 2 rings (SSSR count). The topological polar surface area (TPSA) is 66.4 Å². The molecule has 0 atom stereocenters. The molecule has 1 amide bonds. The van der Waals surface area contributed by atoms with Crippen LogP contribution in [0.2, 0.25) is 0 Å². The Labute approximate surface area is 125 Å². The molecule has 0 aromatic carbocycles. The number of aliphatic carboxylic acids is 1. The van der Waals surface area contributed by atoms with E-state index in [1.165, 1.54) is 0 Å². The largest absolute Gasteiger partial charge is 0.481 e. The second kappa shape index (κ2) is 6.37. The third kappa shape index (κ3) is 3.68. The first-order valence-corrected chi connectivity index (χ1v) is 8.80. The Morgan fingerprint density at radius 1 is 1.10 bits per heavy atom. The third-order valence-corrected chi connectivity index (χ3v) is 6.28. The predicted molar refractivity (Wildman–Crippen MR) is 80.9 cm³/mol. The summed E-state index contributed by atoms with van der Waals surface area (Å²) in [5.74, 6) is -0.879. The van der Waals surface area contributed by atoms with Gasteiger partial charge in [-0.05, 0) is 31.9 Å². The minimum absolute atomic E-state index is 0.0883. The van der Waals surface area contributed by atoms with E-state index in [1.54, 1.807) is 11.8 Å². The first-order valence-electron chi connectivity index (χ1n) is 7.57. The zero-order chi connectivity index (χ0) is 14.6. The van der Waals surface area contributed by atoms with Crippen molar-refractivity contribution in [3.05, 3.63) is 0 Å². The monoisotopic (exact) mass is 299 g/mol. The number of carbonyl (C=O) groups is 2. The number of carboxylic acids is 1. The number of hydrogen-bond acceptors (Lipinski definition) is 3. The van der Waals surface area contributed by atoms with E-state index in [2.05, 4.69) is 11.6 Å². The SMILES string of the molecule is CSC1(CNC(=O)CC2(C(=O)O)CCCCCC2)CC1. The molecule has 0 radical (unpaired) electrons. The van der Waals surface area contributed by atoms with E-state index in [1.807, 2.05) is 0 Å². The predicted octanol–water partition coefficient (Wildman–Crippen LogP) is 2.81. The molecular formula is C15H25NO3S. The van der Waals surface area contributed by atoms with Gasteiger partial charge in [-0.2, -0.15) is 11.8 Å². The lowest BCUT2D eigenvalue weighted by Crippen LogP contribution is -2.39. The number of nitrogens with one attached hydrogen (secondary N) is 1. The summed E-state index contributed by atoms with van der Waals surface area (Å²) < 4.78 is 0.232. The third-order valence-electron chi connectivity index (χ3n) is 4.86. The van der Waals surface area contributed by atoms with Crippen LogP contribution in [0.3, 0.4) is 0 Å². The van der Waals surface area contributed by atoms with Crippen molar-refractivity contribution in [3.8, 4) is 0 Å². The van der Waals surface area contributed by atoms with Crippen LogP contribution in [0.1, 0.15) is 57.8 Å². The summed E-state index contributed by atoms with van der Waals surface area (Å²) >= 11 is 1.80. The van der Waals surface area contributed by atoms with Crippen LogP contribution in [-0.4, -0.2) is 34.5 Å². The quantitative estimate of drug-likeness (QED) is 0.740. The summed E-state index contributed by atoms with van der Waals surface area (Å²) in [5.41, 5.74) is -0.823. The number of carbonyl (C=O) groups excluding carboxylic acids is 1. The molecule has 0 aromatic heterocycles. The Morgan fingerprint density at radius 2 is 1.70 bits per heavy atom. The average Bonchev–Trinajstić information content (AvgIpc) is 3.21. The van der Waals surface area contributed by atoms with Gasteiger partial charge in [0, 0.05) is 17.7 Å². The normalized spacial score (nSPS) is 23.6. The Kier molecular flexibility index (Phi) is 4.99. The number of carboxylic acid groups (broad SMARTS) is 1. The van der Waals surface area contributed by atoms with Crippen molar-refractivity contribution in [2.24, 2.45) is 5.41 Å². The van der Waals surface area contributed by atoms with Crippen LogP contribution in [0.15, 0.2) is 0 Å². The van der Waals surface area contributed by atoms with Crippen molar-refractivity contribution in [2.75, 3.05) is 12.8 Å². The van der Waals surface area contributed by atoms with Crippen molar-refractivity contribution in [1.82, 2.24) is 5.32 Å². The van der Waals surface area contributed by atoms with Gasteiger partial charge in [-0.1, -0.05) is 25.7 Å². The molecule has 2 fully saturated rings. The van der Waals surface area contributed by atoms with E-state index in [0.29, 0.717) is 19.4 Å². The van der Waals surface area contributed by atoms with E-state index in [-0.39, 0.29) is 17.1 Å². The van der Waals surface area contributed by atoms with Gasteiger partial charge < -0.3 is 10.4 Å². The molecule has 2 aliphatic carbocycles. The second-order valence-electron chi connectivity index (χ2n) is 6.34. The fraction of sp³-hybridized carbons (Fsp3) is 0.867. The zero-order valence-corrected chi connectivity index (χ0v) is 13.1. The van der Waals surface area contributed by atoms with Gasteiger partial charge in [0.05, 0.1) is 5.41 Å². The number of amides is 1. The molecule has 0 saturated heterocycles. The van der Waals surface area contributed by atoms with Gasteiger partial charge in [0.1, 0.15) is 0 Å². The molecule has 114 valence electrons. The Balaban J connectivity index is 1.90. The molecule has 20 heavy (non-hydrogen) atoms. The van der Waals surface area contributed by atoms with Gasteiger partial charge in [-0.15, -0.1) is 0 Å². The van der Waals surface area contributed by atoms with Crippen molar-refractivity contribution < 1.29 is 14.7 Å². The fourth-order valence-electron chi connectivity index (χ4n) is 3.09. The van der Waals surface area contributed by atoms with E-state index in [0.717, 1.165) is 38.5 Å². The molecule has 0 unspecified atom stereocenters. The highest BCUT2D eigenvalue weighted by molar-refractivity contribution is 8.00. The summed E-state index contributed by atoms with van der Waals surface area (Å²) in [5, 5.41) is 12.5. The standard InChI is InChI=1S/C15H25NO3S/c1-20-15(8-9-15)11-16-12(17)10-14(13(18)19)6-4-2-3-5-7-14/h2-11H2,1H3,(H,16,17)(H,18,19). The zero-order valence-electron chi connectivity index (χ0n) is 12.2. The molecule has 0 aromatic rings. The van der Waals surface area contributed by atoms with Crippen LogP contribution in [0.4, 0.5) is 0 Å². The van der Waals surface area contributed by atoms with Gasteiger partial charge >= 0.3 is 5.97 Å². The van der Waals surface area contributed by atoms with Crippen LogP contribution in [0.25, 0.3) is 0 Å². The summed E-state index contributed by atoms with van der Waals surface area (Å²) in [6, 6.07) is 0. The minimum atomic E-state index is -0.823. The van der Waals surface area contributed by atoms with Crippen molar-refractivity contribution >= 4 is 23.6 Å². The summed E-state index contributed by atoms with van der Waals surface area (Å²) in [4.78, 5) is 23.8. The first-order chi connectivity index (χ1) is 9.52. The molecular weight excluding hydrogens is 274 g/mol. The number of hydrogen-bond donors (Lipinski definition) is 2. The summed E-state index contributed by atoms with van der Waals surface area (Å²) in [6.45, 7) is 0.683. The smallest absolute Gasteiger partial charge is 0.310 e. The highest BCUT2D eigenvalue weighted by atomic mass is 32.2. The van der Waals surface area contributed by atoms with Gasteiger partial charge in [0.2, 0.25) is 5.91 Å². The maximum atomic E-state index is 12.1. The molecule has 2 aliphatic rings. The van der Waals surface area contributed by atoms with Crippen LogP contribution in [0, 0.1) is 5.41 Å². The highest BCUT2D eigenvalue weighted by Gasteiger charge is 2.44. The first kappa shape index (κ1) is 15.7. The average molecular weight is 299 g/mol. The Morgan fingerprint density at radius 3 is 2.15 bits per heavy atom.